The van der Waals surface area contributed by atoms with Crippen molar-refractivity contribution in [3.05, 3.63) is 59.9 Å². The van der Waals surface area contributed by atoms with Crippen molar-refractivity contribution in [3.63, 3.8) is 0 Å². The first kappa shape index (κ1) is 25.4. The fourth-order valence-electron chi connectivity index (χ4n) is 4.05. The van der Waals surface area contributed by atoms with Crippen LogP contribution < -0.4 is 4.72 Å². The molecule has 0 saturated heterocycles. The van der Waals surface area contributed by atoms with Crippen molar-refractivity contribution in [2.75, 3.05) is 0 Å². The molecule has 1 aliphatic carbocycles. The van der Waals surface area contributed by atoms with Gasteiger partial charge in [0, 0.05) is 12.0 Å². The minimum Gasteiger partial charge on any atom is -0.459 e. The molecule has 0 bridgehead atoms. The van der Waals surface area contributed by atoms with Gasteiger partial charge in [-0.15, -0.1) is 11.3 Å². The number of carbonyl (C=O) groups is 1. The maximum atomic E-state index is 13.4. The summed E-state index contributed by atoms with van der Waals surface area (Å²) in [5, 5.41) is 3.39. The molecule has 7 nitrogen and oxygen atoms in total. The number of esters is 1. The lowest BCUT2D eigenvalue weighted by atomic mass is 10.1. The number of carbonyl (C=O) groups excluding carboxylic acids is 1. The summed E-state index contributed by atoms with van der Waals surface area (Å²) < 4.78 is 77.5. The monoisotopic (exact) mass is 528 g/mol. The molecule has 188 valence electrons. The van der Waals surface area contributed by atoms with Gasteiger partial charge in [0.25, 0.3) is 10.0 Å². The van der Waals surface area contributed by atoms with Crippen LogP contribution in [-0.4, -0.2) is 30.7 Å². The summed E-state index contributed by atoms with van der Waals surface area (Å²) in [6.07, 6.45) is -4.71. The van der Waals surface area contributed by atoms with Crippen molar-refractivity contribution < 1.29 is 35.6 Å². The number of nitrogens with zero attached hydrogens (tertiary/aromatic N) is 1. The van der Waals surface area contributed by atoms with Crippen LogP contribution in [-0.2, 0) is 25.7 Å². The largest absolute Gasteiger partial charge is 0.459 e. The van der Waals surface area contributed by atoms with Gasteiger partial charge in [-0.3, -0.25) is 0 Å². The quantitative estimate of drug-likeness (QED) is 0.441. The van der Waals surface area contributed by atoms with Gasteiger partial charge < -0.3 is 9.26 Å². The van der Waals surface area contributed by atoms with Crippen molar-refractivity contribution in [2.45, 2.75) is 55.1 Å². The van der Waals surface area contributed by atoms with Gasteiger partial charge >= 0.3 is 12.1 Å². The van der Waals surface area contributed by atoms with E-state index in [9.17, 15) is 26.4 Å². The number of benzene rings is 1. The molecule has 1 N–H and O–H groups in total. The standard InChI is InChI=1S/C23H23F3N2O5S2/c1-13-19(14-8-6-5-7-9-14)22(13,20(29)32-21(2,3)4)28-35(30,31)18-11-10-16(34-18)15-12-17(33-27-15)23(24,25)26/h5-13,19,28H,1-4H3/t13-,19?,22-/m0/s1. The van der Waals surface area contributed by atoms with E-state index in [1.54, 1.807) is 39.8 Å². The van der Waals surface area contributed by atoms with Crippen molar-refractivity contribution in [2.24, 2.45) is 5.92 Å². The molecular weight excluding hydrogens is 505 g/mol. The molecule has 3 atom stereocenters. The molecule has 1 aliphatic rings. The van der Waals surface area contributed by atoms with Crippen molar-refractivity contribution >= 4 is 27.3 Å². The van der Waals surface area contributed by atoms with Gasteiger partial charge in [-0.05, 0) is 44.4 Å². The van der Waals surface area contributed by atoms with Gasteiger partial charge in [0.05, 0.1) is 4.88 Å². The average molecular weight is 529 g/mol. The highest BCUT2D eigenvalue weighted by molar-refractivity contribution is 7.91. The predicted octanol–water partition coefficient (Wildman–Crippen LogP) is 5.21. The molecule has 0 amide bonds. The Morgan fingerprint density at radius 1 is 1.14 bits per heavy atom. The molecule has 0 aliphatic heterocycles. The minimum absolute atomic E-state index is 0.146. The van der Waals surface area contributed by atoms with Gasteiger partial charge in [-0.1, -0.05) is 42.4 Å². The van der Waals surface area contributed by atoms with Gasteiger partial charge in [-0.2, -0.15) is 17.9 Å². The molecule has 4 rings (SSSR count). The van der Waals surface area contributed by atoms with E-state index in [-0.39, 0.29) is 14.8 Å². The van der Waals surface area contributed by atoms with Gasteiger partial charge in [0.15, 0.2) is 0 Å². The zero-order valence-corrected chi connectivity index (χ0v) is 20.8. The number of ether oxygens (including phenoxy) is 1. The maximum Gasteiger partial charge on any atom is 0.452 e. The fourth-order valence-corrected chi connectivity index (χ4v) is 6.76. The Hall–Kier alpha value is -2.70. The third-order valence-electron chi connectivity index (χ3n) is 5.69. The molecule has 35 heavy (non-hydrogen) atoms. The zero-order valence-electron chi connectivity index (χ0n) is 19.2. The lowest BCUT2D eigenvalue weighted by Gasteiger charge is -2.25. The Bertz CT molecular complexity index is 1340. The number of nitrogens with one attached hydrogen (secondary N) is 1. The van der Waals surface area contributed by atoms with E-state index in [0.29, 0.717) is 17.4 Å². The molecule has 1 saturated carbocycles. The Morgan fingerprint density at radius 2 is 1.80 bits per heavy atom. The van der Waals surface area contributed by atoms with E-state index < -0.39 is 50.9 Å². The van der Waals surface area contributed by atoms with Gasteiger partial charge in [0.2, 0.25) is 5.76 Å². The molecule has 12 heteroatoms. The van der Waals surface area contributed by atoms with Crippen molar-refractivity contribution in [3.8, 4) is 10.6 Å². The van der Waals surface area contributed by atoms with Crippen LogP contribution >= 0.6 is 11.3 Å². The first-order chi connectivity index (χ1) is 16.1. The van der Waals surface area contributed by atoms with Gasteiger partial charge in [-0.25, -0.2) is 13.2 Å². The third-order valence-corrected chi connectivity index (χ3v) is 8.77. The number of hydrogen-bond donors (Lipinski definition) is 1. The van der Waals surface area contributed by atoms with Crippen LogP contribution in [0.25, 0.3) is 10.6 Å². The highest BCUT2D eigenvalue weighted by Crippen LogP contribution is 2.59. The first-order valence-corrected chi connectivity index (χ1v) is 12.9. The van der Waals surface area contributed by atoms with Crippen LogP contribution in [0, 0.1) is 5.92 Å². The predicted molar refractivity (Wildman–Crippen MR) is 122 cm³/mol. The highest BCUT2D eigenvalue weighted by Gasteiger charge is 2.71. The van der Waals surface area contributed by atoms with E-state index in [0.717, 1.165) is 5.56 Å². The maximum absolute atomic E-state index is 13.4. The van der Waals surface area contributed by atoms with Crippen LogP contribution in [0.1, 0.15) is 44.9 Å². The Morgan fingerprint density at radius 3 is 2.37 bits per heavy atom. The molecule has 0 spiro atoms. The number of thiophene rings is 1. The molecule has 2 heterocycles. The second-order valence-corrected chi connectivity index (χ2v) is 12.3. The second kappa shape index (κ2) is 8.45. The second-order valence-electron chi connectivity index (χ2n) is 9.35. The summed E-state index contributed by atoms with van der Waals surface area (Å²) in [4.78, 5) is 13.5. The summed E-state index contributed by atoms with van der Waals surface area (Å²) in [6, 6.07) is 12.3. The Labute approximate surface area is 204 Å². The van der Waals surface area contributed by atoms with E-state index >= 15 is 0 Å². The lowest BCUT2D eigenvalue weighted by Crippen LogP contribution is -2.48. The zero-order chi connectivity index (χ0) is 25.8. The number of rotatable bonds is 6. The number of hydrogen-bond acceptors (Lipinski definition) is 7. The summed E-state index contributed by atoms with van der Waals surface area (Å²) >= 11 is 0.716. The molecule has 0 radical (unpaired) electrons. The fraction of sp³-hybridized carbons (Fsp3) is 0.391. The number of aromatic nitrogens is 1. The number of halogens is 3. The SMILES string of the molecule is C[C@H]1C(c2ccccc2)[C@]1(NS(=O)(=O)c1ccc(-c2cc(C(F)(F)F)on2)s1)C(=O)OC(C)(C)C. The molecule has 1 fully saturated rings. The van der Waals surface area contributed by atoms with Crippen LogP contribution in [0.5, 0.6) is 0 Å². The highest BCUT2D eigenvalue weighted by atomic mass is 32.2. The lowest BCUT2D eigenvalue weighted by molar-refractivity contribution is -0.159. The third kappa shape index (κ3) is 4.87. The van der Waals surface area contributed by atoms with Crippen molar-refractivity contribution in [1.29, 1.82) is 0 Å². The molecule has 3 aromatic rings. The summed E-state index contributed by atoms with van der Waals surface area (Å²) in [7, 11) is -4.25. The van der Waals surface area contributed by atoms with E-state index in [1.807, 2.05) is 18.2 Å². The molecular formula is C23H23F3N2O5S2. The van der Waals surface area contributed by atoms with Crippen LogP contribution in [0.2, 0.25) is 0 Å². The van der Waals surface area contributed by atoms with Crippen LogP contribution in [0.3, 0.4) is 0 Å². The number of alkyl halides is 3. The topological polar surface area (TPSA) is 98.5 Å². The summed E-state index contributed by atoms with van der Waals surface area (Å²) in [5.74, 6) is -2.85. The summed E-state index contributed by atoms with van der Waals surface area (Å²) in [5.41, 5.74) is -1.75. The minimum atomic E-state index is -4.71. The molecule has 1 aromatic carbocycles. The molecule has 2 aromatic heterocycles. The van der Waals surface area contributed by atoms with Crippen molar-refractivity contribution in [1.82, 2.24) is 9.88 Å². The normalized spacial score (nSPS) is 22.7. The smallest absolute Gasteiger partial charge is 0.452 e. The van der Waals surface area contributed by atoms with Crippen LogP contribution in [0.15, 0.2) is 57.3 Å². The molecule has 1 unspecified atom stereocenters. The van der Waals surface area contributed by atoms with E-state index in [4.69, 9.17) is 4.74 Å². The van der Waals surface area contributed by atoms with Crippen LogP contribution in [0.4, 0.5) is 13.2 Å². The average Bonchev–Trinajstić information content (AvgIpc) is 3.19. The van der Waals surface area contributed by atoms with Gasteiger partial charge in [0.1, 0.15) is 21.0 Å². The Balaban J connectivity index is 1.66. The van der Waals surface area contributed by atoms with E-state index in [2.05, 4.69) is 14.4 Å². The summed E-state index contributed by atoms with van der Waals surface area (Å²) in [6.45, 7) is 6.83. The first-order valence-electron chi connectivity index (χ1n) is 10.6. The Kier molecular flexibility index (Phi) is 6.13. The number of sulfonamides is 1. The van der Waals surface area contributed by atoms with E-state index in [1.165, 1.54) is 12.1 Å².